The van der Waals surface area contributed by atoms with Gasteiger partial charge in [-0.25, -0.2) is 0 Å². The van der Waals surface area contributed by atoms with Crippen LogP contribution in [0.5, 0.6) is 11.5 Å². The molecule has 0 amide bonds. The van der Waals surface area contributed by atoms with Gasteiger partial charge in [0.25, 0.3) is 0 Å². The third-order valence-electron chi connectivity index (χ3n) is 14.3. The van der Waals surface area contributed by atoms with Crippen LogP contribution in [0, 0.1) is 0 Å². The quantitative estimate of drug-likeness (QED) is 0.172. The minimum absolute atomic E-state index is 0.124. The van der Waals surface area contributed by atoms with Gasteiger partial charge in [-0.3, -0.25) is 0 Å². The van der Waals surface area contributed by atoms with Crippen LogP contribution in [-0.4, -0.2) is 0 Å². The largest absolute Gasteiger partial charge is 0.457 e. The van der Waals surface area contributed by atoms with Crippen molar-refractivity contribution in [1.82, 2.24) is 0 Å². The maximum atomic E-state index is 6.64. The molecule has 0 N–H and O–H groups in total. The number of para-hydroxylation sites is 3. The van der Waals surface area contributed by atoms with Gasteiger partial charge in [0.2, 0.25) is 0 Å². The Morgan fingerprint density at radius 1 is 0.359 bits per heavy atom. The summed E-state index contributed by atoms with van der Waals surface area (Å²) in [5.41, 5.74) is 20.3. The van der Waals surface area contributed by atoms with Crippen LogP contribution in [0.4, 0.5) is 17.1 Å². The molecule has 0 fully saturated rings. The van der Waals surface area contributed by atoms with Crippen LogP contribution in [0.3, 0.4) is 0 Å². The van der Waals surface area contributed by atoms with E-state index in [4.69, 9.17) is 4.74 Å². The number of benzene rings is 10. The maximum Gasteiger partial charge on any atom is 0.132 e. The lowest BCUT2D eigenvalue weighted by Crippen LogP contribution is -2.32. The third kappa shape index (κ3) is 5.14. The first-order valence-corrected chi connectivity index (χ1v) is 22.3. The molecule has 3 aliphatic rings. The van der Waals surface area contributed by atoms with Crippen LogP contribution >= 0.6 is 0 Å². The molecule has 0 bridgehead atoms. The summed E-state index contributed by atoms with van der Waals surface area (Å²) in [4.78, 5) is 2.44. The van der Waals surface area contributed by atoms with Gasteiger partial charge >= 0.3 is 0 Å². The fourth-order valence-corrected chi connectivity index (χ4v) is 11.4. The molecule has 0 atom stereocenters. The molecular formula is C62H43NO. The minimum Gasteiger partial charge on any atom is -0.457 e. The molecule has 10 aromatic rings. The molecule has 0 unspecified atom stereocenters. The highest BCUT2D eigenvalue weighted by molar-refractivity contribution is 6.05. The van der Waals surface area contributed by atoms with Crippen molar-refractivity contribution in [3.8, 4) is 56.0 Å². The van der Waals surface area contributed by atoms with Gasteiger partial charge in [0.1, 0.15) is 11.5 Å². The molecule has 2 aliphatic carbocycles. The average molecular weight is 818 g/mol. The third-order valence-corrected chi connectivity index (χ3v) is 14.3. The van der Waals surface area contributed by atoms with E-state index in [0.29, 0.717) is 0 Å². The number of ether oxygens (including phenoxy) is 1. The highest BCUT2D eigenvalue weighted by Crippen LogP contribution is 2.63. The first-order valence-electron chi connectivity index (χ1n) is 22.3. The fraction of sp³-hybridized carbons (Fsp3) is 0.0645. The summed E-state index contributed by atoms with van der Waals surface area (Å²) in [6.45, 7) is 4.72. The van der Waals surface area contributed by atoms with Gasteiger partial charge in [-0.05, 0) is 121 Å². The zero-order valence-electron chi connectivity index (χ0n) is 35.7. The number of hydrogen-bond donors (Lipinski definition) is 0. The van der Waals surface area contributed by atoms with Crippen LogP contribution in [-0.2, 0) is 10.8 Å². The molecule has 0 saturated heterocycles. The second-order valence-electron chi connectivity index (χ2n) is 18.0. The Balaban J connectivity index is 0.980. The van der Waals surface area contributed by atoms with E-state index in [2.05, 4.69) is 243 Å². The van der Waals surface area contributed by atoms with Crippen molar-refractivity contribution in [2.24, 2.45) is 0 Å². The summed E-state index contributed by atoms with van der Waals surface area (Å²) < 4.78 is 6.64. The van der Waals surface area contributed by atoms with Gasteiger partial charge in [0, 0.05) is 33.5 Å². The lowest BCUT2D eigenvalue weighted by atomic mass is 9.66. The molecule has 0 aromatic heterocycles. The molecule has 1 heterocycles. The lowest BCUT2D eigenvalue weighted by molar-refractivity contribution is 0.436. The average Bonchev–Trinajstić information content (AvgIpc) is 3.77. The van der Waals surface area contributed by atoms with Gasteiger partial charge in [-0.2, -0.15) is 0 Å². The number of nitrogens with zero attached hydrogens (tertiary/aromatic N) is 1. The summed E-state index contributed by atoms with van der Waals surface area (Å²) in [6, 6.07) is 82.6. The van der Waals surface area contributed by atoms with Crippen molar-refractivity contribution < 1.29 is 4.74 Å². The van der Waals surface area contributed by atoms with Crippen LogP contribution in [0.2, 0.25) is 0 Å². The molecular weight excluding hydrogens is 775 g/mol. The van der Waals surface area contributed by atoms with Crippen molar-refractivity contribution in [3.05, 3.63) is 258 Å². The zero-order chi connectivity index (χ0) is 42.6. The Morgan fingerprint density at radius 3 is 1.73 bits per heavy atom. The molecule has 1 spiro atoms. The molecule has 0 radical (unpaired) electrons. The number of fused-ring (bicyclic) bond motifs is 14. The second kappa shape index (κ2) is 13.8. The van der Waals surface area contributed by atoms with E-state index in [1.807, 2.05) is 0 Å². The Kier molecular flexibility index (Phi) is 7.90. The molecule has 13 rings (SSSR count). The molecule has 1 aliphatic heterocycles. The van der Waals surface area contributed by atoms with Crippen LogP contribution in [0.15, 0.2) is 224 Å². The Bertz CT molecular complexity index is 3460. The summed E-state index contributed by atoms with van der Waals surface area (Å²) in [7, 11) is 0. The predicted molar refractivity (Wildman–Crippen MR) is 264 cm³/mol. The molecule has 302 valence electrons. The summed E-state index contributed by atoms with van der Waals surface area (Å²) in [5.74, 6) is 1.81. The summed E-state index contributed by atoms with van der Waals surface area (Å²) >= 11 is 0. The fourth-order valence-electron chi connectivity index (χ4n) is 11.4. The van der Waals surface area contributed by atoms with E-state index in [1.54, 1.807) is 0 Å². The molecule has 10 aromatic carbocycles. The van der Waals surface area contributed by atoms with Gasteiger partial charge in [0.15, 0.2) is 0 Å². The van der Waals surface area contributed by atoms with Crippen LogP contribution in [0.25, 0.3) is 55.3 Å². The van der Waals surface area contributed by atoms with Crippen LogP contribution in [0.1, 0.15) is 47.2 Å². The van der Waals surface area contributed by atoms with E-state index in [9.17, 15) is 0 Å². The van der Waals surface area contributed by atoms with Crippen LogP contribution < -0.4 is 9.64 Å². The number of hydrogen-bond acceptors (Lipinski definition) is 2. The minimum atomic E-state index is -0.527. The zero-order valence-corrected chi connectivity index (χ0v) is 35.7. The SMILES string of the molecule is CC1(C)c2ccccc2-c2ccc(N(c3ccc(-c4ccc5c(c4)-c4c(ccc6ccccc46)C54c5ccccc5Oc5ccccc54)cc3)c3ccccc3-c3ccccc3)cc21. The molecule has 64 heavy (non-hydrogen) atoms. The number of rotatable bonds is 5. The monoisotopic (exact) mass is 817 g/mol. The molecule has 2 nitrogen and oxygen atoms in total. The first kappa shape index (κ1) is 36.7. The predicted octanol–water partition coefficient (Wildman–Crippen LogP) is 16.4. The Hall–Kier alpha value is -7.94. The smallest absolute Gasteiger partial charge is 0.132 e. The Labute approximate surface area is 374 Å². The Morgan fingerprint density at radius 2 is 0.953 bits per heavy atom. The van der Waals surface area contributed by atoms with Crippen molar-refractivity contribution in [1.29, 1.82) is 0 Å². The van der Waals surface area contributed by atoms with Crippen molar-refractivity contribution in [2.75, 3.05) is 4.90 Å². The standard InChI is InChI=1S/C62H43NO/c1-61(2)51-22-10-8-21-48(51)49-35-34-45(39-56(49)61)63(57-25-13-9-19-46(57)41-16-4-3-5-17-41)44-32-28-40(29-33-44)43-31-36-52-50(38-43)60-47-20-7-6-18-42(47)30-37-55(60)62(52)53-23-11-14-26-58(53)64-59-27-15-12-24-54(59)62/h3-39H,1-2H3. The topological polar surface area (TPSA) is 12.5 Å². The summed E-state index contributed by atoms with van der Waals surface area (Å²) in [5, 5.41) is 2.50. The van der Waals surface area contributed by atoms with E-state index in [1.165, 1.54) is 88.7 Å². The normalized spacial score (nSPS) is 14.2. The van der Waals surface area contributed by atoms with Gasteiger partial charge < -0.3 is 9.64 Å². The van der Waals surface area contributed by atoms with E-state index in [-0.39, 0.29) is 5.41 Å². The van der Waals surface area contributed by atoms with E-state index < -0.39 is 5.41 Å². The van der Waals surface area contributed by atoms with Crippen molar-refractivity contribution in [3.63, 3.8) is 0 Å². The lowest BCUT2D eigenvalue weighted by Gasteiger charge is -2.39. The van der Waals surface area contributed by atoms with Gasteiger partial charge in [0.05, 0.1) is 11.1 Å². The second-order valence-corrected chi connectivity index (χ2v) is 18.0. The van der Waals surface area contributed by atoms with E-state index in [0.717, 1.165) is 28.6 Å². The summed E-state index contributed by atoms with van der Waals surface area (Å²) in [6.07, 6.45) is 0. The highest BCUT2D eigenvalue weighted by atomic mass is 16.5. The van der Waals surface area contributed by atoms with Gasteiger partial charge in [-0.15, -0.1) is 0 Å². The maximum absolute atomic E-state index is 6.64. The number of anilines is 3. The first-order chi connectivity index (χ1) is 31.5. The van der Waals surface area contributed by atoms with Crippen molar-refractivity contribution >= 4 is 27.8 Å². The molecule has 0 saturated carbocycles. The van der Waals surface area contributed by atoms with Gasteiger partial charge in [-0.1, -0.05) is 190 Å². The highest BCUT2D eigenvalue weighted by Gasteiger charge is 2.51. The van der Waals surface area contributed by atoms with Crippen molar-refractivity contribution in [2.45, 2.75) is 24.7 Å². The van der Waals surface area contributed by atoms with E-state index >= 15 is 0 Å². The molecule has 2 heteroatoms.